The molecule has 4 bridgehead atoms. The van der Waals surface area contributed by atoms with Gasteiger partial charge in [0.2, 0.25) is 5.91 Å². The van der Waals surface area contributed by atoms with Gasteiger partial charge in [0.05, 0.1) is 17.1 Å². The van der Waals surface area contributed by atoms with E-state index in [0.717, 1.165) is 37.0 Å². The standard InChI is InChI=1S/C21H26ClN3O3/c22-17-4-2-1-3-16(17)20(28)25-24-19(27)12-23-18(26)11-21-8-13-5-14(9-21)7-15(6-13)10-21/h1-4,13-15H,5-12H2,(H,23,26)(H,24,27)(H,25,28). The molecule has 6 nitrogen and oxygen atoms in total. The van der Waals surface area contributed by atoms with E-state index >= 15 is 0 Å². The van der Waals surface area contributed by atoms with Gasteiger partial charge in [0.25, 0.3) is 11.8 Å². The topological polar surface area (TPSA) is 87.3 Å². The second-order valence-electron chi connectivity index (χ2n) is 8.85. The molecule has 4 aliphatic rings. The molecule has 4 aliphatic carbocycles. The summed E-state index contributed by atoms with van der Waals surface area (Å²) in [5, 5.41) is 3.01. The van der Waals surface area contributed by atoms with E-state index in [0.29, 0.717) is 11.4 Å². The van der Waals surface area contributed by atoms with Crippen molar-refractivity contribution in [2.75, 3.05) is 6.54 Å². The SMILES string of the molecule is O=C(CC12CC3CC(CC(C3)C1)C2)NCC(=O)NNC(=O)c1ccccc1Cl. The van der Waals surface area contributed by atoms with E-state index in [2.05, 4.69) is 16.2 Å². The van der Waals surface area contributed by atoms with Gasteiger partial charge >= 0.3 is 0 Å². The van der Waals surface area contributed by atoms with E-state index < -0.39 is 11.8 Å². The van der Waals surface area contributed by atoms with Crippen molar-refractivity contribution in [2.24, 2.45) is 23.2 Å². The Kier molecular flexibility index (Phi) is 5.32. The van der Waals surface area contributed by atoms with Crippen LogP contribution in [0.4, 0.5) is 0 Å². The van der Waals surface area contributed by atoms with Gasteiger partial charge in [-0.1, -0.05) is 23.7 Å². The number of hydrogen-bond acceptors (Lipinski definition) is 3. The molecule has 0 saturated heterocycles. The Labute approximate surface area is 169 Å². The van der Waals surface area contributed by atoms with Crippen LogP contribution in [0.2, 0.25) is 5.02 Å². The molecule has 1 aromatic carbocycles. The fourth-order valence-electron chi connectivity index (χ4n) is 5.97. The van der Waals surface area contributed by atoms with Crippen molar-refractivity contribution < 1.29 is 14.4 Å². The molecular weight excluding hydrogens is 378 g/mol. The zero-order valence-corrected chi connectivity index (χ0v) is 16.6. The molecule has 0 aliphatic heterocycles. The van der Waals surface area contributed by atoms with Crippen molar-refractivity contribution in [3.05, 3.63) is 34.9 Å². The van der Waals surface area contributed by atoms with Gasteiger partial charge in [0.15, 0.2) is 0 Å². The highest BCUT2D eigenvalue weighted by Crippen LogP contribution is 2.61. The van der Waals surface area contributed by atoms with Crippen LogP contribution in [0.25, 0.3) is 0 Å². The molecule has 7 heteroatoms. The number of halogens is 1. The van der Waals surface area contributed by atoms with Gasteiger partial charge in [0.1, 0.15) is 0 Å². The van der Waals surface area contributed by atoms with Crippen molar-refractivity contribution in [2.45, 2.75) is 44.9 Å². The molecule has 1 aromatic rings. The minimum atomic E-state index is -0.501. The minimum Gasteiger partial charge on any atom is -0.347 e. The van der Waals surface area contributed by atoms with Crippen LogP contribution in [0.5, 0.6) is 0 Å². The maximum atomic E-state index is 12.4. The fraction of sp³-hybridized carbons (Fsp3) is 0.571. The van der Waals surface area contributed by atoms with Crippen LogP contribution < -0.4 is 16.2 Å². The molecule has 0 atom stereocenters. The summed E-state index contributed by atoms with van der Waals surface area (Å²) < 4.78 is 0. The summed E-state index contributed by atoms with van der Waals surface area (Å²) in [7, 11) is 0. The Hall–Kier alpha value is -2.08. The summed E-state index contributed by atoms with van der Waals surface area (Å²) in [5.74, 6) is 1.33. The van der Waals surface area contributed by atoms with Crippen molar-refractivity contribution in [3.63, 3.8) is 0 Å². The van der Waals surface area contributed by atoms with Crippen LogP contribution in [-0.4, -0.2) is 24.3 Å². The minimum absolute atomic E-state index is 0.0745. The summed E-state index contributed by atoms with van der Waals surface area (Å²) in [6.45, 7) is -0.159. The lowest BCUT2D eigenvalue weighted by molar-refractivity contribution is -0.132. The van der Waals surface area contributed by atoms with Crippen molar-refractivity contribution in [1.29, 1.82) is 0 Å². The summed E-state index contributed by atoms with van der Waals surface area (Å²) in [6, 6.07) is 6.57. The summed E-state index contributed by atoms with van der Waals surface area (Å²) in [5.41, 5.74) is 5.05. The molecular formula is C21H26ClN3O3. The fourth-order valence-corrected chi connectivity index (χ4v) is 6.19. The molecule has 4 saturated carbocycles. The third-order valence-corrected chi connectivity index (χ3v) is 6.91. The number of benzene rings is 1. The van der Waals surface area contributed by atoms with Crippen LogP contribution in [0.1, 0.15) is 55.3 Å². The predicted octanol–water partition coefficient (Wildman–Crippen LogP) is 2.82. The number of hydrogen-bond donors (Lipinski definition) is 3. The third-order valence-electron chi connectivity index (χ3n) is 6.58. The van der Waals surface area contributed by atoms with Crippen LogP contribution in [0.3, 0.4) is 0 Å². The largest absolute Gasteiger partial charge is 0.347 e. The number of carbonyl (C=O) groups excluding carboxylic acids is 3. The maximum absolute atomic E-state index is 12.4. The highest BCUT2D eigenvalue weighted by molar-refractivity contribution is 6.33. The van der Waals surface area contributed by atoms with Gasteiger partial charge in [-0.05, 0) is 73.8 Å². The predicted molar refractivity (Wildman–Crippen MR) is 105 cm³/mol. The van der Waals surface area contributed by atoms with Crippen molar-refractivity contribution in [3.8, 4) is 0 Å². The van der Waals surface area contributed by atoms with Gasteiger partial charge in [-0.3, -0.25) is 25.2 Å². The number of nitrogens with one attached hydrogen (secondary N) is 3. The van der Waals surface area contributed by atoms with Gasteiger partial charge in [-0.2, -0.15) is 0 Å². The zero-order valence-electron chi connectivity index (χ0n) is 15.8. The molecule has 150 valence electrons. The molecule has 0 aromatic heterocycles. The molecule has 0 radical (unpaired) electrons. The molecule has 0 unspecified atom stereocenters. The first kappa shape index (κ1) is 19.2. The second-order valence-corrected chi connectivity index (χ2v) is 9.26. The summed E-state index contributed by atoms with van der Waals surface area (Å²) >= 11 is 5.95. The molecule has 28 heavy (non-hydrogen) atoms. The van der Waals surface area contributed by atoms with E-state index in [4.69, 9.17) is 11.6 Å². The molecule has 3 amide bonds. The van der Waals surface area contributed by atoms with Crippen LogP contribution in [0, 0.1) is 23.2 Å². The van der Waals surface area contributed by atoms with E-state index in [9.17, 15) is 14.4 Å². The number of rotatable bonds is 5. The first-order valence-corrected chi connectivity index (χ1v) is 10.4. The number of carbonyl (C=O) groups is 3. The number of amides is 3. The summed E-state index contributed by atoms with van der Waals surface area (Å²) in [6.07, 6.45) is 8.01. The molecule has 5 rings (SSSR count). The highest BCUT2D eigenvalue weighted by atomic mass is 35.5. The average Bonchev–Trinajstić information content (AvgIpc) is 2.63. The van der Waals surface area contributed by atoms with E-state index in [1.165, 1.54) is 19.3 Å². The first-order valence-electron chi connectivity index (χ1n) is 10.0. The first-order chi connectivity index (χ1) is 13.4. The average molecular weight is 404 g/mol. The van der Waals surface area contributed by atoms with Gasteiger partial charge < -0.3 is 5.32 Å². The molecule has 4 fully saturated rings. The summed E-state index contributed by atoms with van der Waals surface area (Å²) in [4.78, 5) is 36.4. The molecule has 0 heterocycles. The number of hydrazine groups is 1. The lowest BCUT2D eigenvalue weighted by Gasteiger charge is -2.56. The molecule has 0 spiro atoms. The molecule has 3 N–H and O–H groups in total. The van der Waals surface area contributed by atoms with Crippen LogP contribution >= 0.6 is 11.6 Å². The smallest absolute Gasteiger partial charge is 0.271 e. The maximum Gasteiger partial charge on any atom is 0.271 e. The quantitative estimate of drug-likeness (QED) is 0.660. The Morgan fingerprint density at radius 2 is 1.54 bits per heavy atom. The Bertz CT molecular complexity index is 760. The highest BCUT2D eigenvalue weighted by Gasteiger charge is 2.51. The Balaban J connectivity index is 1.21. The second kappa shape index (κ2) is 7.74. The van der Waals surface area contributed by atoms with Crippen LogP contribution in [0.15, 0.2) is 24.3 Å². The lowest BCUT2D eigenvalue weighted by atomic mass is 9.49. The van der Waals surface area contributed by atoms with Crippen molar-refractivity contribution >= 4 is 29.3 Å². The van der Waals surface area contributed by atoms with Crippen LogP contribution in [-0.2, 0) is 9.59 Å². The van der Waals surface area contributed by atoms with E-state index in [1.807, 2.05) is 0 Å². The van der Waals surface area contributed by atoms with Gasteiger partial charge in [-0.25, -0.2) is 0 Å². The van der Waals surface area contributed by atoms with E-state index in [-0.39, 0.29) is 23.4 Å². The lowest BCUT2D eigenvalue weighted by Crippen LogP contribution is -2.49. The zero-order chi connectivity index (χ0) is 19.7. The van der Waals surface area contributed by atoms with Gasteiger partial charge in [-0.15, -0.1) is 0 Å². The monoisotopic (exact) mass is 403 g/mol. The Morgan fingerprint density at radius 1 is 0.929 bits per heavy atom. The van der Waals surface area contributed by atoms with Gasteiger partial charge in [0, 0.05) is 6.42 Å². The third kappa shape index (κ3) is 4.17. The Morgan fingerprint density at radius 3 is 2.14 bits per heavy atom. The van der Waals surface area contributed by atoms with E-state index in [1.54, 1.807) is 24.3 Å². The van der Waals surface area contributed by atoms with Crippen molar-refractivity contribution in [1.82, 2.24) is 16.2 Å². The normalized spacial score (nSPS) is 30.0.